The molecule has 0 saturated carbocycles. The predicted molar refractivity (Wildman–Crippen MR) is 71.8 cm³/mol. The van der Waals surface area contributed by atoms with Gasteiger partial charge in [-0.15, -0.1) is 0 Å². The van der Waals surface area contributed by atoms with Gasteiger partial charge in [-0.3, -0.25) is 4.79 Å². The van der Waals surface area contributed by atoms with E-state index in [0.29, 0.717) is 18.7 Å². The van der Waals surface area contributed by atoms with Crippen LogP contribution in [0.1, 0.15) is 12.8 Å². The maximum atomic E-state index is 12.6. The zero-order valence-corrected chi connectivity index (χ0v) is 11.9. The van der Waals surface area contributed by atoms with E-state index in [0.717, 1.165) is 0 Å². The van der Waals surface area contributed by atoms with Crippen molar-refractivity contribution in [3.8, 4) is 5.75 Å². The average molecular weight is 296 g/mol. The van der Waals surface area contributed by atoms with Gasteiger partial charge in [0.2, 0.25) is 15.9 Å². The molecule has 2 fully saturated rings. The van der Waals surface area contributed by atoms with Crippen LogP contribution in [0.5, 0.6) is 5.75 Å². The Morgan fingerprint density at radius 2 is 2.00 bits per heavy atom. The number of fused-ring (bicyclic) bond motifs is 1. The number of ether oxygens (including phenoxy) is 1. The number of hydrogen-bond donors (Lipinski definition) is 1. The molecule has 20 heavy (non-hydrogen) atoms. The minimum Gasteiger partial charge on any atom is -0.497 e. The van der Waals surface area contributed by atoms with Crippen molar-refractivity contribution in [2.75, 3.05) is 13.7 Å². The van der Waals surface area contributed by atoms with Crippen molar-refractivity contribution < 1.29 is 17.9 Å². The molecule has 0 aliphatic carbocycles. The smallest absolute Gasteiger partial charge is 0.243 e. The lowest BCUT2D eigenvalue weighted by molar-refractivity contribution is -0.119. The van der Waals surface area contributed by atoms with Crippen LogP contribution in [0.25, 0.3) is 0 Å². The van der Waals surface area contributed by atoms with Gasteiger partial charge in [-0.05, 0) is 30.7 Å². The molecule has 3 rings (SSSR count). The summed E-state index contributed by atoms with van der Waals surface area (Å²) in [4.78, 5) is 11.6. The van der Waals surface area contributed by atoms with Crippen LogP contribution in [0.15, 0.2) is 29.2 Å². The van der Waals surface area contributed by atoms with Crippen molar-refractivity contribution in [1.82, 2.24) is 9.62 Å². The summed E-state index contributed by atoms with van der Waals surface area (Å²) >= 11 is 0. The molecule has 2 heterocycles. The van der Waals surface area contributed by atoms with E-state index >= 15 is 0 Å². The highest BCUT2D eigenvalue weighted by molar-refractivity contribution is 7.89. The van der Waals surface area contributed by atoms with Gasteiger partial charge in [-0.25, -0.2) is 8.42 Å². The zero-order chi connectivity index (χ0) is 14.3. The maximum absolute atomic E-state index is 12.6. The summed E-state index contributed by atoms with van der Waals surface area (Å²) in [5, 5.41) is 2.82. The third-order valence-corrected chi connectivity index (χ3v) is 5.84. The topological polar surface area (TPSA) is 75.7 Å². The van der Waals surface area contributed by atoms with Gasteiger partial charge in [-0.1, -0.05) is 0 Å². The van der Waals surface area contributed by atoms with Crippen LogP contribution in [0.4, 0.5) is 0 Å². The van der Waals surface area contributed by atoms with Crippen molar-refractivity contribution in [3.05, 3.63) is 24.3 Å². The molecule has 1 aromatic carbocycles. The van der Waals surface area contributed by atoms with Crippen LogP contribution in [-0.2, 0) is 14.8 Å². The fourth-order valence-electron chi connectivity index (χ4n) is 2.87. The lowest BCUT2D eigenvalue weighted by Gasteiger charge is -2.22. The van der Waals surface area contributed by atoms with Crippen LogP contribution in [0.3, 0.4) is 0 Å². The largest absolute Gasteiger partial charge is 0.497 e. The van der Waals surface area contributed by atoms with E-state index in [1.54, 1.807) is 12.1 Å². The Balaban J connectivity index is 1.89. The summed E-state index contributed by atoms with van der Waals surface area (Å²) in [6, 6.07) is 6.01. The standard InChI is InChI=1S/C13H16N2O4S/c1-19-9-2-4-10(5-3-9)20(17,18)15-7-6-11-12(15)8-13(16)14-11/h2-5,11-12H,6-8H2,1H3,(H,14,16)/t11-,12+/m1/s1. The minimum atomic E-state index is -3.56. The Labute approximate surface area is 117 Å². The number of rotatable bonds is 3. The van der Waals surface area contributed by atoms with Gasteiger partial charge in [0.15, 0.2) is 0 Å². The van der Waals surface area contributed by atoms with Crippen LogP contribution in [0, 0.1) is 0 Å². The maximum Gasteiger partial charge on any atom is 0.243 e. The zero-order valence-electron chi connectivity index (χ0n) is 11.1. The molecule has 2 aliphatic rings. The Morgan fingerprint density at radius 3 is 2.65 bits per heavy atom. The molecular weight excluding hydrogens is 280 g/mol. The Bertz CT molecular complexity index is 626. The van der Waals surface area contributed by atoms with E-state index in [1.807, 2.05) is 0 Å². The lowest BCUT2D eigenvalue weighted by Crippen LogP contribution is -2.38. The van der Waals surface area contributed by atoms with Crippen molar-refractivity contribution in [1.29, 1.82) is 0 Å². The van der Waals surface area contributed by atoms with Gasteiger partial charge < -0.3 is 10.1 Å². The molecule has 0 spiro atoms. The molecule has 1 amide bonds. The second-order valence-electron chi connectivity index (χ2n) is 5.03. The first-order valence-electron chi connectivity index (χ1n) is 6.47. The van der Waals surface area contributed by atoms with Crippen molar-refractivity contribution >= 4 is 15.9 Å². The first-order valence-corrected chi connectivity index (χ1v) is 7.91. The van der Waals surface area contributed by atoms with E-state index in [1.165, 1.54) is 23.5 Å². The van der Waals surface area contributed by atoms with Gasteiger partial charge >= 0.3 is 0 Å². The van der Waals surface area contributed by atoms with Crippen molar-refractivity contribution in [2.24, 2.45) is 0 Å². The van der Waals surface area contributed by atoms with Crippen LogP contribution < -0.4 is 10.1 Å². The third-order valence-electron chi connectivity index (χ3n) is 3.90. The molecule has 2 saturated heterocycles. The number of amides is 1. The molecule has 2 aliphatic heterocycles. The molecule has 7 heteroatoms. The summed E-state index contributed by atoms with van der Waals surface area (Å²) in [5.41, 5.74) is 0. The number of sulfonamides is 1. The molecular formula is C13H16N2O4S. The van der Waals surface area contributed by atoms with Crippen LogP contribution in [-0.4, -0.2) is 44.4 Å². The number of carbonyl (C=O) groups is 1. The molecule has 0 radical (unpaired) electrons. The molecule has 0 aromatic heterocycles. The van der Waals surface area contributed by atoms with Crippen LogP contribution >= 0.6 is 0 Å². The predicted octanol–water partition coefficient (Wildman–Crippen LogP) is 0.347. The van der Waals surface area contributed by atoms with Gasteiger partial charge in [0, 0.05) is 19.0 Å². The highest BCUT2D eigenvalue weighted by Gasteiger charge is 2.46. The molecule has 0 bridgehead atoms. The van der Waals surface area contributed by atoms with Crippen molar-refractivity contribution in [2.45, 2.75) is 29.8 Å². The van der Waals surface area contributed by atoms with Gasteiger partial charge in [-0.2, -0.15) is 4.31 Å². The number of hydrogen-bond acceptors (Lipinski definition) is 4. The van der Waals surface area contributed by atoms with Gasteiger partial charge in [0.25, 0.3) is 0 Å². The number of benzene rings is 1. The quantitative estimate of drug-likeness (QED) is 0.873. The SMILES string of the molecule is COc1ccc(S(=O)(=O)N2CC[C@H]3NC(=O)C[C@@H]32)cc1. The molecule has 2 atom stereocenters. The highest BCUT2D eigenvalue weighted by atomic mass is 32.2. The average Bonchev–Trinajstić information content (AvgIpc) is 2.97. The molecule has 1 aromatic rings. The summed E-state index contributed by atoms with van der Waals surface area (Å²) < 4.78 is 31.7. The summed E-state index contributed by atoms with van der Waals surface area (Å²) in [6.07, 6.45) is 0.922. The number of methoxy groups -OCH3 is 1. The van der Waals surface area contributed by atoms with E-state index in [9.17, 15) is 13.2 Å². The van der Waals surface area contributed by atoms with Gasteiger partial charge in [0.05, 0.1) is 18.0 Å². The van der Waals surface area contributed by atoms with Gasteiger partial charge in [0.1, 0.15) is 5.75 Å². The second-order valence-corrected chi connectivity index (χ2v) is 6.92. The number of carbonyl (C=O) groups excluding carboxylic acids is 1. The highest BCUT2D eigenvalue weighted by Crippen LogP contribution is 2.31. The first-order chi connectivity index (χ1) is 9.52. The Morgan fingerprint density at radius 1 is 1.30 bits per heavy atom. The van der Waals surface area contributed by atoms with Crippen molar-refractivity contribution in [3.63, 3.8) is 0 Å². The lowest BCUT2D eigenvalue weighted by atomic mass is 10.1. The molecule has 1 N–H and O–H groups in total. The van der Waals surface area contributed by atoms with E-state index in [4.69, 9.17) is 4.74 Å². The minimum absolute atomic E-state index is 0.0458. The monoisotopic (exact) mass is 296 g/mol. The second kappa shape index (κ2) is 4.75. The third kappa shape index (κ3) is 2.06. The number of nitrogens with one attached hydrogen (secondary N) is 1. The van der Waals surface area contributed by atoms with E-state index in [-0.39, 0.29) is 29.3 Å². The molecule has 108 valence electrons. The summed E-state index contributed by atoms with van der Waals surface area (Å²) in [6.45, 7) is 0.448. The van der Waals surface area contributed by atoms with Crippen LogP contribution in [0.2, 0.25) is 0 Å². The molecule has 6 nitrogen and oxygen atoms in total. The first kappa shape index (κ1) is 13.4. The molecule has 0 unspecified atom stereocenters. The fraction of sp³-hybridized carbons (Fsp3) is 0.462. The van der Waals surface area contributed by atoms with E-state index in [2.05, 4.69) is 5.32 Å². The Kier molecular flexibility index (Phi) is 3.18. The summed E-state index contributed by atoms with van der Waals surface area (Å²) in [7, 11) is -2.02. The normalized spacial score (nSPS) is 26.4. The number of nitrogens with zero attached hydrogens (tertiary/aromatic N) is 1. The fourth-order valence-corrected chi connectivity index (χ4v) is 4.55. The summed E-state index contributed by atoms with van der Waals surface area (Å²) in [5.74, 6) is 0.538. The Hall–Kier alpha value is -1.60. The van der Waals surface area contributed by atoms with E-state index < -0.39 is 10.0 Å².